The Morgan fingerprint density at radius 2 is 1.72 bits per heavy atom. The normalized spacial score (nSPS) is 11.8. The van der Waals surface area contributed by atoms with Gasteiger partial charge in [0.2, 0.25) is 0 Å². The highest BCUT2D eigenvalue weighted by molar-refractivity contribution is 5.30. The third-order valence-electron chi connectivity index (χ3n) is 2.77. The molecule has 92 valence electrons. The van der Waals surface area contributed by atoms with Crippen LogP contribution in [0.4, 0.5) is 0 Å². The first-order chi connectivity index (χ1) is 8.79. The first kappa shape index (κ1) is 12.4. The maximum Gasteiger partial charge on any atom is 0.119 e. The highest BCUT2D eigenvalue weighted by Crippen LogP contribution is 2.17. The topological polar surface area (TPSA) is 35.2 Å². The molecule has 0 fully saturated rings. The highest BCUT2D eigenvalue weighted by atomic mass is 16.5. The second kappa shape index (κ2) is 6.03. The van der Waals surface area contributed by atoms with Gasteiger partial charge in [0.15, 0.2) is 0 Å². The summed E-state index contributed by atoms with van der Waals surface area (Å²) in [6, 6.07) is 17.8. The summed E-state index contributed by atoms with van der Waals surface area (Å²) in [6.07, 6.45) is 1.72. The van der Waals surface area contributed by atoms with Gasteiger partial charge in [-0.15, -0.1) is 6.58 Å². The molecule has 1 atom stereocenters. The molecule has 0 amide bonds. The van der Waals surface area contributed by atoms with E-state index in [-0.39, 0.29) is 6.04 Å². The van der Waals surface area contributed by atoms with E-state index < -0.39 is 0 Å². The van der Waals surface area contributed by atoms with Crippen molar-refractivity contribution in [2.45, 2.75) is 12.6 Å². The molecule has 0 spiro atoms. The van der Waals surface area contributed by atoms with Crippen LogP contribution in [0.5, 0.6) is 5.75 Å². The fraction of sp³-hybridized carbons (Fsp3) is 0.125. The minimum absolute atomic E-state index is 0.117. The van der Waals surface area contributed by atoms with Crippen molar-refractivity contribution in [3.63, 3.8) is 0 Å². The fourth-order valence-corrected chi connectivity index (χ4v) is 1.66. The van der Waals surface area contributed by atoms with Gasteiger partial charge in [-0.2, -0.15) is 0 Å². The Balaban J connectivity index is 1.96. The molecule has 2 N–H and O–H groups in total. The molecule has 0 aromatic heterocycles. The van der Waals surface area contributed by atoms with Gasteiger partial charge in [0.1, 0.15) is 12.4 Å². The van der Waals surface area contributed by atoms with Gasteiger partial charge in [0.05, 0.1) is 0 Å². The highest BCUT2D eigenvalue weighted by Gasteiger charge is 2.01. The van der Waals surface area contributed by atoms with E-state index in [1.165, 1.54) is 0 Å². The van der Waals surface area contributed by atoms with Crippen molar-refractivity contribution in [1.29, 1.82) is 0 Å². The van der Waals surface area contributed by atoms with Crippen LogP contribution in [0.2, 0.25) is 0 Å². The average Bonchev–Trinajstić information content (AvgIpc) is 2.46. The molecule has 0 radical (unpaired) electrons. The standard InChI is InChI=1S/C16H17NO/c1-2-16(17)14-8-10-15(11-9-14)18-12-13-6-4-3-5-7-13/h2-11,16H,1,12,17H2/t16-/m1/s1. The molecule has 2 rings (SSSR count). The molecule has 0 bridgehead atoms. The second-order valence-corrected chi connectivity index (χ2v) is 4.10. The number of ether oxygens (including phenoxy) is 1. The van der Waals surface area contributed by atoms with E-state index in [2.05, 4.69) is 6.58 Å². The predicted octanol–water partition coefficient (Wildman–Crippen LogP) is 3.45. The summed E-state index contributed by atoms with van der Waals surface area (Å²) in [6.45, 7) is 4.26. The molecule has 0 aliphatic heterocycles. The van der Waals surface area contributed by atoms with Crippen LogP contribution in [0.1, 0.15) is 17.2 Å². The van der Waals surface area contributed by atoms with Crippen LogP contribution in [-0.2, 0) is 6.61 Å². The summed E-state index contributed by atoms with van der Waals surface area (Å²) in [5, 5.41) is 0. The third-order valence-corrected chi connectivity index (χ3v) is 2.77. The van der Waals surface area contributed by atoms with Gasteiger partial charge in [-0.25, -0.2) is 0 Å². The third kappa shape index (κ3) is 3.22. The van der Waals surface area contributed by atoms with Crippen LogP contribution in [0.25, 0.3) is 0 Å². The van der Waals surface area contributed by atoms with Gasteiger partial charge in [-0.05, 0) is 23.3 Å². The average molecular weight is 239 g/mol. The van der Waals surface area contributed by atoms with E-state index in [0.29, 0.717) is 6.61 Å². The van der Waals surface area contributed by atoms with Gasteiger partial charge in [0.25, 0.3) is 0 Å². The minimum Gasteiger partial charge on any atom is -0.489 e. The molecule has 2 nitrogen and oxygen atoms in total. The summed E-state index contributed by atoms with van der Waals surface area (Å²) < 4.78 is 5.69. The zero-order valence-corrected chi connectivity index (χ0v) is 10.3. The lowest BCUT2D eigenvalue weighted by molar-refractivity contribution is 0.306. The first-order valence-electron chi connectivity index (χ1n) is 5.94. The minimum atomic E-state index is -0.117. The molecule has 0 saturated heterocycles. The Morgan fingerprint density at radius 3 is 2.33 bits per heavy atom. The van der Waals surface area contributed by atoms with Crippen molar-refractivity contribution in [1.82, 2.24) is 0 Å². The number of nitrogens with two attached hydrogens (primary N) is 1. The number of hydrogen-bond donors (Lipinski definition) is 1. The zero-order chi connectivity index (χ0) is 12.8. The lowest BCUT2D eigenvalue weighted by Crippen LogP contribution is -2.06. The van der Waals surface area contributed by atoms with Gasteiger partial charge in [0, 0.05) is 6.04 Å². The smallest absolute Gasteiger partial charge is 0.119 e. The summed E-state index contributed by atoms with van der Waals surface area (Å²) in [5.74, 6) is 0.846. The van der Waals surface area contributed by atoms with Crippen LogP contribution in [0, 0.1) is 0 Å². The van der Waals surface area contributed by atoms with Gasteiger partial charge in [-0.3, -0.25) is 0 Å². The van der Waals surface area contributed by atoms with Crippen LogP contribution in [-0.4, -0.2) is 0 Å². The number of rotatable bonds is 5. The van der Waals surface area contributed by atoms with Gasteiger partial charge < -0.3 is 10.5 Å². The van der Waals surface area contributed by atoms with Crippen molar-refractivity contribution in [2.75, 3.05) is 0 Å². The van der Waals surface area contributed by atoms with Gasteiger partial charge in [-0.1, -0.05) is 48.5 Å². The van der Waals surface area contributed by atoms with Crippen molar-refractivity contribution >= 4 is 0 Å². The van der Waals surface area contributed by atoms with Crippen LogP contribution in [0.15, 0.2) is 67.3 Å². The quantitative estimate of drug-likeness (QED) is 0.811. The summed E-state index contributed by atoms with van der Waals surface area (Å²) >= 11 is 0. The monoisotopic (exact) mass is 239 g/mol. The molecule has 0 aliphatic rings. The van der Waals surface area contributed by atoms with E-state index in [0.717, 1.165) is 16.9 Å². The van der Waals surface area contributed by atoms with Gasteiger partial charge >= 0.3 is 0 Å². The molecule has 0 heterocycles. The lowest BCUT2D eigenvalue weighted by Gasteiger charge is -2.09. The van der Waals surface area contributed by atoms with Crippen molar-refractivity contribution in [2.24, 2.45) is 5.73 Å². The second-order valence-electron chi connectivity index (χ2n) is 4.10. The molecule has 2 heteroatoms. The molecule has 0 saturated carbocycles. The number of benzene rings is 2. The summed E-state index contributed by atoms with van der Waals surface area (Å²) in [5.41, 5.74) is 8.05. The first-order valence-corrected chi connectivity index (χ1v) is 5.94. The van der Waals surface area contributed by atoms with Crippen LogP contribution < -0.4 is 10.5 Å². The SMILES string of the molecule is C=C[C@@H](N)c1ccc(OCc2ccccc2)cc1. The fourth-order valence-electron chi connectivity index (χ4n) is 1.66. The summed E-state index contributed by atoms with van der Waals surface area (Å²) in [4.78, 5) is 0. The van der Waals surface area contributed by atoms with Crippen molar-refractivity contribution in [3.8, 4) is 5.75 Å². The zero-order valence-electron chi connectivity index (χ0n) is 10.3. The maximum absolute atomic E-state index is 5.85. The molecule has 0 aliphatic carbocycles. The Hall–Kier alpha value is -2.06. The van der Waals surface area contributed by atoms with Crippen LogP contribution >= 0.6 is 0 Å². The van der Waals surface area contributed by atoms with Crippen molar-refractivity contribution < 1.29 is 4.74 Å². The summed E-state index contributed by atoms with van der Waals surface area (Å²) in [7, 11) is 0. The molecule has 2 aromatic rings. The van der Waals surface area contributed by atoms with Crippen LogP contribution in [0.3, 0.4) is 0 Å². The van der Waals surface area contributed by atoms with E-state index in [1.807, 2.05) is 54.6 Å². The molecule has 2 aromatic carbocycles. The Morgan fingerprint density at radius 1 is 1.06 bits per heavy atom. The lowest BCUT2D eigenvalue weighted by atomic mass is 10.1. The van der Waals surface area contributed by atoms with E-state index in [9.17, 15) is 0 Å². The molecular formula is C16H17NO. The van der Waals surface area contributed by atoms with E-state index >= 15 is 0 Å². The molecule has 18 heavy (non-hydrogen) atoms. The maximum atomic E-state index is 5.85. The Labute approximate surface area is 108 Å². The Kier molecular flexibility index (Phi) is 4.15. The molecule has 0 unspecified atom stereocenters. The Bertz CT molecular complexity index is 490. The molecular weight excluding hydrogens is 222 g/mol. The number of hydrogen-bond acceptors (Lipinski definition) is 2. The predicted molar refractivity (Wildman–Crippen MR) is 74.3 cm³/mol. The largest absolute Gasteiger partial charge is 0.489 e. The van der Waals surface area contributed by atoms with Crippen molar-refractivity contribution in [3.05, 3.63) is 78.4 Å². The van der Waals surface area contributed by atoms with E-state index in [1.54, 1.807) is 6.08 Å². The van der Waals surface area contributed by atoms with E-state index in [4.69, 9.17) is 10.5 Å².